The van der Waals surface area contributed by atoms with E-state index in [9.17, 15) is 37.1 Å². The van der Waals surface area contributed by atoms with Crippen molar-refractivity contribution in [2.45, 2.75) is 44.9 Å². The number of carbonyl (C=O) groups excluding carboxylic acids is 5. The van der Waals surface area contributed by atoms with Gasteiger partial charge in [0.05, 0.1) is 19.0 Å². The average Bonchev–Trinajstić information content (AvgIpc) is 3.04. The summed E-state index contributed by atoms with van der Waals surface area (Å²) in [6, 6.07) is 22.1. The maximum Gasteiger partial charge on any atom is 0.495 e. The van der Waals surface area contributed by atoms with Crippen molar-refractivity contribution < 1.29 is 46.9 Å². The van der Waals surface area contributed by atoms with Crippen LogP contribution >= 0.6 is 0 Å². The van der Waals surface area contributed by atoms with E-state index >= 15 is 0 Å². The SMILES string of the molecule is Cc1ccccc1CNC(=O)NCCCC(=O)NCC(=O)NC(CC(=O)OOC(=O)C(F)(F)F)c1ccc(-c2ccccc2)cc1. The Morgan fingerprint density at radius 2 is 1.41 bits per heavy atom. The monoisotopic (exact) mass is 642 g/mol. The van der Waals surface area contributed by atoms with E-state index in [1.54, 1.807) is 24.3 Å². The first-order valence-corrected chi connectivity index (χ1v) is 14.2. The molecule has 0 radical (unpaired) electrons. The molecule has 4 N–H and O–H groups in total. The van der Waals surface area contributed by atoms with Crippen molar-refractivity contribution in [2.75, 3.05) is 13.1 Å². The van der Waals surface area contributed by atoms with Crippen LogP contribution in [0, 0.1) is 6.92 Å². The fourth-order valence-corrected chi connectivity index (χ4v) is 4.13. The zero-order valence-electron chi connectivity index (χ0n) is 24.8. The van der Waals surface area contributed by atoms with Gasteiger partial charge in [0.15, 0.2) is 0 Å². The fraction of sp³-hybridized carbons (Fsp3) is 0.281. The molecule has 46 heavy (non-hydrogen) atoms. The van der Waals surface area contributed by atoms with Crippen LogP contribution in [0.15, 0.2) is 78.9 Å². The first-order valence-electron chi connectivity index (χ1n) is 14.2. The Morgan fingerprint density at radius 1 is 0.761 bits per heavy atom. The van der Waals surface area contributed by atoms with Crippen LogP contribution in [0.1, 0.15) is 42.0 Å². The zero-order valence-corrected chi connectivity index (χ0v) is 24.8. The number of alkyl halides is 3. The molecule has 0 saturated carbocycles. The Kier molecular flexibility index (Phi) is 13.1. The highest BCUT2D eigenvalue weighted by Gasteiger charge is 2.43. The summed E-state index contributed by atoms with van der Waals surface area (Å²) >= 11 is 0. The van der Waals surface area contributed by atoms with E-state index in [0.29, 0.717) is 18.5 Å². The summed E-state index contributed by atoms with van der Waals surface area (Å²) in [5, 5.41) is 10.3. The van der Waals surface area contributed by atoms with E-state index in [2.05, 4.69) is 31.0 Å². The van der Waals surface area contributed by atoms with Crippen LogP contribution in [0.3, 0.4) is 0 Å². The lowest BCUT2D eigenvalue weighted by molar-refractivity contribution is -0.286. The molecule has 1 atom stereocenters. The third kappa shape index (κ3) is 11.9. The van der Waals surface area contributed by atoms with Crippen LogP contribution in [0.2, 0.25) is 0 Å². The standard InChI is InChI=1S/C32H33F3N4O7/c1-21-8-5-6-11-25(21)19-38-31(44)36-17-7-12-27(40)37-20-28(41)39-26(18-29(42)45-46-30(43)32(33,34)35)24-15-13-23(14-16-24)22-9-3-2-4-10-22/h2-6,8-11,13-16,26H,7,12,17-20H2,1H3,(H,37,40)(H,39,41)(H2,36,38,44). The van der Waals surface area contributed by atoms with Gasteiger partial charge in [-0.25, -0.2) is 24.2 Å². The molecular weight excluding hydrogens is 609 g/mol. The lowest BCUT2D eigenvalue weighted by Gasteiger charge is -2.19. The van der Waals surface area contributed by atoms with Crippen molar-refractivity contribution in [1.82, 2.24) is 21.3 Å². The molecule has 14 heteroatoms. The average molecular weight is 643 g/mol. The molecule has 0 spiro atoms. The summed E-state index contributed by atoms with van der Waals surface area (Å²) in [5.74, 6) is -5.25. The van der Waals surface area contributed by atoms with Gasteiger partial charge in [-0.2, -0.15) is 13.2 Å². The Balaban J connectivity index is 1.48. The number of hydrogen-bond acceptors (Lipinski definition) is 7. The summed E-state index contributed by atoms with van der Waals surface area (Å²) < 4.78 is 37.2. The maximum atomic E-state index is 12.7. The second kappa shape index (κ2) is 17.2. The first kappa shape index (κ1) is 35.1. The number of benzene rings is 3. The van der Waals surface area contributed by atoms with E-state index in [0.717, 1.165) is 22.3 Å². The number of urea groups is 1. The molecule has 1 unspecified atom stereocenters. The molecule has 0 bridgehead atoms. The maximum absolute atomic E-state index is 12.7. The van der Waals surface area contributed by atoms with Gasteiger partial charge in [0.1, 0.15) is 0 Å². The van der Waals surface area contributed by atoms with E-state index < -0.39 is 55.0 Å². The zero-order chi connectivity index (χ0) is 33.5. The molecular formula is C32H33F3N4O7. The molecule has 0 aliphatic carbocycles. The second-order valence-corrected chi connectivity index (χ2v) is 10.1. The van der Waals surface area contributed by atoms with Crippen molar-refractivity contribution in [3.05, 3.63) is 95.6 Å². The molecule has 0 aliphatic heterocycles. The summed E-state index contributed by atoms with van der Waals surface area (Å²) in [5.41, 5.74) is 4.13. The molecule has 0 fully saturated rings. The van der Waals surface area contributed by atoms with E-state index in [-0.39, 0.29) is 13.0 Å². The summed E-state index contributed by atoms with van der Waals surface area (Å²) in [6.07, 6.45) is -5.76. The van der Waals surface area contributed by atoms with E-state index in [1.807, 2.05) is 61.5 Å². The number of amides is 4. The lowest BCUT2D eigenvalue weighted by Crippen LogP contribution is -2.40. The molecule has 3 aromatic carbocycles. The third-order valence-electron chi connectivity index (χ3n) is 6.58. The van der Waals surface area contributed by atoms with Crippen LogP contribution in [0.4, 0.5) is 18.0 Å². The summed E-state index contributed by atoms with van der Waals surface area (Å²) in [4.78, 5) is 67.5. The van der Waals surface area contributed by atoms with Gasteiger partial charge in [0.25, 0.3) is 0 Å². The fourth-order valence-electron chi connectivity index (χ4n) is 4.13. The van der Waals surface area contributed by atoms with Crippen LogP contribution < -0.4 is 21.3 Å². The molecule has 3 rings (SSSR count). The van der Waals surface area contributed by atoms with Crippen LogP contribution in [-0.4, -0.2) is 49.0 Å². The highest BCUT2D eigenvalue weighted by atomic mass is 19.4. The Hall–Kier alpha value is -5.40. The van der Waals surface area contributed by atoms with Crippen LogP contribution in [-0.2, 0) is 35.5 Å². The highest BCUT2D eigenvalue weighted by Crippen LogP contribution is 2.24. The summed E-state index contributed by atoms with van der Waals surface area (Å²) in [7, 11) is 0. The van der Waals surface area contributed by atoms with Gasteiger partial charge in [-0.05, 0) is 41.2 Å². The molecule has 0 aliphatic rings. The number of carbonyl (C=O) groups is 5. The predicted molar refractivity (Wildman–Crippen MR) is 159 cm³/mol. The molecule has 11 nitrogen and oxygen atoms in total. The number of nitrogens with one attached hydrogen (secondary N) is 4. The first-order chi connectivity index (χ1) is 21.9. The van der Waals surface area contributed by atoms with E-state index in [1.165, 1.54) is 0 Å². The van der Waals surface area contributed by atoms with Gasteiger partial charge in [-0.15, -0.1) is 0 Å². The minimum atomic E-state index is -5.37. The van der Waals surface area contributed by atoms with Gasteiger partial charge in [-0.3, -0.25) is 9.59 Å². The Labute approximate surface area is 262 Å². The van der Waals surface area contributed by atoms with Crippen LogP contribution in [0.25, 0.3) is 11.1 Å². The van der Waals surface area contributed by atoms with E-state index in [4.69, 9.17) is 0 Å². The Bertz CT molecular complexity index is 1500. The van der Waals surface area contributed by atoms with Gasteiger partial charge < -0.3 is 21.3 Å². The third-order valence-corrected chi connectivity index (χ3v) is 6.58. The van der Waals surface area contributed by atoms with Gasteiger partial charge in [0.2, 0.25) is 11.8 Å². The molecule has 0 heterocycles. The number of halogens is 3. The topological polar surface area (TPSA) is 152 Å². The minimum Gasteiger partial charge on any atom is -0.347 e. The molecule has 0 saturated heterocycles. The van der Waals surface area contributed by atoms with Crippen molar-refractivity contribution >= 4 is 29.8 Å². The summed E-state index contributed by atoms with van der Waals surface area (Å²) in [6.45, 7) is 2.02. The van der Waals surface area contributed by atoms with Crippen molar-refractivity contribution in [3.63, 3.8) is 0 Å². The molecule has 3 aromatic rings. The smallest absolute Gasteiger partial charge is 0.347 e. The van der Waals surface area contributed by atoms with Crippen molar-refractivity contribution in [2.24, 2.45) is 0 Å². The Morgan fingerprint density at radius 3 is 2.09 bits per heavy atom. The lowest BCUT2D eigenvalue weighted by atomic mass is 9.99. The van der Waals surface area contributed by atoms with Crippen molar-refractivity contribution in [1.29, 1.82) is 0 Å². The molecule has 4 amide bonds. The predicted octanol–water partition coefficient (Wildman–Crippen LogP) is 4.17. The number of hydrogen-bond donors (Lipinski definition) is 4. The second-order valence-electron chi connectivity index (χ2n) is 10.1. The number of rotatable bonds is 13. The van der Waals surface area contributed by atoms with Gasteiger partial charge in [0, 0.05) is 19.5 Å². The van der Waals surface area contributed by atoms with Crippen molar-refractivity contribution in [3.8, 4) is 11.1 Å². The van der Waals surface area contributed by atoms with Gasteiger partial charge in [-0.1, -0.05) is 78.9 Å². The van der Waals surface area contributed by atoms with Gasteiger partial charge >= 0.3 is 24.1 Å². The van der Waals surface area contributed by atoms with Crippen LogP contribution in [0.5, 0.6) is 0 Å². The minimum absolute atomic E-state index is 0.00658. The molecule has 0 aromatic heterocycles. The normalized spacial score (nSPS) is 11.5. The highest BCUT2D eigenvalue weighted by molar-refractivity contribution is 5.85. The number of aryl methyl sites for hydroxylation is 1. The molecule has 244 valence electrons. The largest absolute Gasteiger partial charge is 0.495 e. The quantitative estimate of drug-likeness (QED) is 0.124.